The standard InChI is InChI=1S/C18H15ClF3N5/c19-15-11-25-17(24-8-6-12-3-2-7-23-10-12)27-16(15)26-14-5-1-4-13(9-14)18(20,21)22/h1-5,7,9-11H,6,8H2,(H2,24,25,26,27). The SMILES string of the molecule is FC(F)(F)c1cccc(Nc2nc(NCCc3cccnc3)ncc2Cl)c1. The molecule has 3 aromatic rings. The molecule has 0 unspecified atom stereocenters. The molecule has 0 atom stereocenters. The van der Waals surface area contributed by atoms with E-state index in [4.69, 9.17) is 11.6 Å². The molecular weight excluding hydrogens is 379 g/mol. The smallest absolute Gasteiger partial charge is 0.354 e. The molecule has 0 saturated heterocycles. The Kier molecular flexibility index (Phi) is 5.75. The van der Waals surface area contributed by atoms with Crippen molar-refractivity contribution in [3.8, 4) is 0 Å². The average molecular weight is 394 g/mol. The molecule has 2 aromatic heterocycles. The van der Waals surface area contributed by atoms with E-state index in [1.165, 1.54) is 18.3 Å². The molecule has 0 bridgehead atoms. The summed E-state index contributed by atoms with van der Waals surface area (Å²) in [5, 5.41) is 6.05. The summed E-state index contributed by atoms with van der Waals surface area (Å²) in [5.74, 6) is 0.535. The van der Waals surface area contributed by atoms with Crippen LogP contribution in [0.3, 0.4) is 0 Å². The molecule has 5 nitrogen and oxygen atoms in total. The van der Waals surface area contributed by atoms with Gasteiger partial charge in [0.2, 0.25) is 5.95 Å². The van der Waals surface area contributed by atoms with Crippen LogP contribution in [0.25, 0.3) is 0 Å². The molecule has 0 aliphatic heterocycles. The molecule has 0 saturated carbocycles. The van der Waals surface area contributed by atoms with Crippen LogP contribution in [-0.4, -0.2) is 21.5 Å². The van der Waals surface area contributed by atoms with E-state index in [0.29, 0.717) is 12.5 Å². The van der Waals surface area contributed by atoms with E-state index in [9.17, 15) is 13.2 Å². The van der Waals surface area contributed by atoms with Crippen molar-refractivity contribution in [2.45, 2.75) is 12.6 Å². The predicted octanol–water partition coefficient (Wildman–Crippen LogP) is 4.94. The number of anilines is 3. The molecule has 3 rings (SSSR count). The van der Waals surface area contributed by atoms with E-state index >= 15 is 0 Å². The summed E-state index contributed by atoms with van der Waals surface area (Å²) in [4.78, 5) is 12.3. The lowest BCUT2D eigenvalue weighted by Crippen LogP contribution is -2.09. The van der Waals surface area contributed by atoms with Gasteiger partial charge in [0.25, 0.3) is 0 Å². The molecule has 2 N–H and O–H groups in total. The van der Waals surface area contributed by atoms with Crippen molar-refractivity contribution in [1.82, 2.24) is 15.0 Å². The first-order valence-corrected chi connectivity index (χ1v) is 8.39. The molecular formula is C18H15ClF3N5. The van der Waals surface area contributed by atoms with Gasteiger partial charge < -0.3 is 10.6 Å². The number of hydrogen-bond donors (Lipinski definition) is 2. The third-order valence-electron chi connectivity index (χ3n) is 3.62. The van der Waals surface area contributed by atoms with Crippen molar-refractivity contribution in [3.05, 3.63) is 71.1 Å². The fourth-order valence-corrected chi connectivity index (χ4v) is 2.45. The lowest BCUT2D eigenvalue weighted by Gasteiger charge is -2.12. The second kappa shape index (κ2) is 8.22. The highest BCUT2D eigenvalue weighted by Crippen LogP contribution is 2.32. The second-order valence-electron chi connectivity index (χ2n) is 5.63. The fourth-order valence-electron chi connectivity index (χ4n) is 2.31. The van der Waals surface area contributed by atoms with Crippen molar-refractivity contribution in [2.24, 2.45) is 0 Å². The lowest BCUT2D eigenvalue weighted by molar-refractivity contribution is -0.137. The minimum absolute atomic E-state index is 0.199. The van der Waals surface area contributed by atoms with Gasteiger partial charge in [-0.25, -0.2) is 4.98 Å². The van der Waals surface area contributed by atoms with E-state index in [0.717, 1.165) is 24.1 Å². The molecule has 0 fully saturated rings. The van der Waals surface area contributed by atoms with Gasteiger partial charge in [-0.1, -0.05) is 23.7 Å². The van der Waals surface area contributed by atoms with Crippen LogP contribution in [0.15, 0.2) is 55.0 Å². The first-order chi connectivity index (χ1) is 12.9. The number of nitrogens with zero attached hydrogens (tertiary/aromatic N) is 3. The van der Waals surface area contributed by atoms with Crippen molar-refractivity contribution < 1.29 is 13.2 Å². The Hall–Kier alpha value is -2.87. The Morgan fingerprint density at radius 1 is 1.07 bits per heavy atom. The number of rotatable bonds is 6. The minimum atomic E-state index is -4.42. The van der Waals surface area contributed by atoms with Crippen LogP contribution in [0.2, 0.25) is 5.02 Å². The minimum Gasteiger partial charge on any atom is -0.354 e. The number of aromatic nitrogens is 3. The van der Waals surface area contributed by atoms with Crippen LogP contribution >= 0.6 is 11.6 Å². The molecule has 0 amide bonds. The van der Waals surface area contributed by atoms with Crippen molar-refractivity contribution >= 4 is 29.1 Å². The number of pyridine rings is 1. The maximum absolute atomic E-state index is 12.8. The van der Waals surface area contributed by atoms with Crippen LogP contribution in [-0.2, 0) is 12.6 Å². The van der Waals surface area contributed by atoms with Gasteiger partial charge >= 0.3 is 6.18 Å². The second-order valence-corrected chi connectivity index (χ2v) is 6.04. The Morgan fingerprint density at radius 2 is 1.93 bits per heavy atom. The van der Waals surface area contributed by atoms with Crippen LogP contribution in [0.1, 0.15) is 11.1 Å². The van der Waals surface area contributed by atoms with E-state index in [1.54, 1.807) is 12.4 Å². The number of halogens is 4. The predicted molar refractivity (Wildman–Crippen MR) is 98.2 cm³/mol. The Balaban J connectivity index is 1.68. The quantitative estimate of drug-likeness (QED) is 0.621. The van der Waals surface area contributed by atoms with Gasteiger partial charge in [0.05, 0.1) is 11.8 Å². The van der Waals surface area contributed by atoms with Gasteiger partial charge in [-0.05, 0) is 36.2 Å². The topological polar surface area (TPSA) is 62.7 Å². The van der Waals surface area contributed by atoms with Crippen LogP contribution in [0.5, 0.6) is 0 Å². The summed E-state index contributed by atoms with van der Waals surface area (Å²) in [6.07, 6.45) is 1.15. The molecule has 0 aliphatic rings. The Morgan fingerprint density at radius 3 is 2.67 bits per heavy atom. The normalized spacial score (nSPS) is 11.3. The number of hydrogen-bond acceptors (Lipinski definition) is 5. The monoisotopic (exact) mass is 393 g/mol. The Labute approximate surface area is 158 Å². The molecule has 0 radical (unpaired) electrons. The number of nitrogens with one attached hydrogen (secondary N) is 2. The zero-order valence-corrected chi connectivity index (χ0v) is 14.7. The number of benzene rings is 1. The average Bonchev–Trinajstić information content (AvgIpc) is 2.65. The molecule has 9 heteroatoms. The highest BCUT2D eigenvalue weighted by Gasteiger charge is 2.30. The highest BCUT2D eigenvalue weighted by molar-refractivity contribution is 6.32. The molecule has 1 aromatic carbocycles. The summed E-state index contributed by atoms with van der Waals surface area (Å²) >= 11 is 6.06. The van der Waals surface area contributed by atoms with Crippen LogP contribution in [0.4, 0.5) is 30.6 Å². The van der Waals surface area contributed by atoms with Gasteiger partial charge in [-0.2, -0.15) is 18.2 Å². The fraction of sp³-hybridized carbons (Fsp3) is 0.167. The van der Waals surface area contributed by atoms with Gasteiger partial charge in [0.15, 0.2) is 5.82 Å². The summed E-state index contributed by atoms with van der Waals surface area (Å²) in [6, 6.07) is 8.62. The van der Waals surface area contributed by atoms with Crippen molar-refractivity contribution in [3.63, 3.8) is 0 Å². The van der Waals surface area contributed by atoms with Crippen molar-refractivity contribution in [1.29, 1.82) is 0 Å². The van der Waals surface area contributed by atoms with Gasteiger partial charge in [0.1, 0.15) is 5.02 Å². The lowest BCUT2D eigenvalue weighted by atomic mass is 10.2. The molecule has 140 valence electrons. The Bertz CT molecular complexity index is 903. The molecule has 0 aliphatic carbocycles. The van der Waals surface area contributed by atoms with E-state index in [-0.39, 0.29) is 16.5 Å². The molecule has 0 spiro atoms. The summed E-state index contributed by atoms with van der Waals surface area (Å²) in [7, 11) is 0. The first kappa shape index (κ1) is 18.9. The third kappa shape index (κ3) is 5.30. The third-order valence-corrected chi connectivity index (χ3v) is 3.89. The van der Waals surface area contributed by atoms with E-state index in [2.05, 4.69) is 25.6 Å². The molecule has 2 heterocycles. The van der Waals surface area contributed by atoms with Gasteiger partial charge in [-0.3, -0.25) is 4.98 Å². The maximum Gasteiger partial charge on any atom is 0.416 e. The van der Waals surface area contributed by atoms with E-state index < -0.39 is 11.7 Å². The van der Waals surface area contributed by atoms with Gasteiger partial charge in [0, 0.05) is 24.6 Å². The largest absolute Gasteiger partial charge is 0.416 e. The zero-order valence-electron chi connectivity index (χ0n) is 14.0. The summed E-state index contributed by atoms with van der Waals surface area (Å²) in [6.45, 7) is 0.566. The summed E-state index contributed by atoms with van der Waals surface area (Å²) < 4.78 is 38.5. The zero-order chi connectivity index (χ0) is 19.3. The maximum atomic E-state index is 12.8. The van der Waals surface area contributed by atoms with Crippen LogP contribution < -0.4 is 10.6 Å². The summed E-state index contributed by atoms with van der Waals surface area (Å²) in [5.41, 5.74) is 0.528. The van der Waals surface area contributed by atoms with Crippen molar-refractivity contribution in [2.75, 3.05) is 17.2 Å². The first-order valence-electron chi connectivity index (χ1n) is 8.01. The van der Waals surface area contributed by atoms with Gasteiger partial charge in [-0.15, -0.1) is 0 Å². The molecule has 27 heavy (non-hydrogen) atoms. The van der Waals surface area contributed by atoms with Crippen LogP contribution in [0, 0.1) is 0 Å². The van der Waals surface area contributed by atoms with E-state index in [1.807, 2.05) is 12.1 Å². The highest BCUT2D eigenvalue weighted by atomic mass is 35.5. The number of alkyl halides is 3.